The lowest BCUT2D eigenvalue weighted by molar-refractivity contribution is -0.385. The molecule has 6 heteroatoms. The van der Waals surface area contributed by atoms with Crippen molar-refractivity contribution in [1.29, 1.82) is 0 Å². The third-order valence-corrected chi connectivity index (χ3v) is 8.17. The molecule has 1 aliphatic carbocycles. The monoisotopic (exact) mass is 580 g/mol. The van der Waals surface area contributed by atoms with Gasteiger partial charge in [0, 0.05) is 12.6 Å². The highest BCUT2D eigenvalue weighted by molar-refractivity contribution is 5.87. The van der Waals surface area contributed by atoms with Gasteiger partial charge < -0.3 is 4.74 Å². The maximum Gasteiger partial charge on any atom is 0.324 e. The summed E-state index contributed by atoms with van der Waals surface area (Å²) >= 11 is 0. The largest absolute Gasteiger partial charge is 0.459 e. The van der Waals surface area contributed by atoms with Gasteiger partial charge in [-0.25, -0.2) is 0 Å². The van der Waals surface area contributed by atoms with E-state index in [-0.39, 0.29) is 18.3 Å². The number of ether oxygens (including phenoxy) is 1. The van der Waals surface area contributed by atoms with E-state index in [2.05, 4.69) is 66.1 Å². The van der Waals surface area contributed by atoms with E-state index < -0.39 is 16.9 Å². The van der Waals surface area contributed by atoms with Crippen LogP contribution in [-0.4, -0.2) is 21.8 Å². The molecule has 0 radical (unpaired) electrons. The number of hydrogen-bond acceptors (Lipinski definition) is 5. The summed E-state index contributed by atoms with van der Waals surface area (Å²) in [7, 11) is 0. The molecule has 1 aliphatic rings. The number of nitro benzene ring substituents is 1. The minimum atomic E-state index is -0.705. The van der Waals surface area contributed by atoms with Crippen molar-refractivity contribution in [2.24, 2.45) is 0 Å². The second-order valence-corrected chi connectivity index (χ2v) is 10.8. The molecule has 0 amide bonds. The van der Waals surface area contributed by atoms with Gasteiger partial charge in [0.2, 0.25) is 0 Å². The normalized spacial score (nSPS) is 14.0. The summed E-state index contributed by atoms with van der Waals surface area (Å²) in [5.41, 5.74) is 8.04. The van der Waals surface area contributed by atoms with E-state index in [4.69, 9.17) is 4.74 Å². The predicted octanol–water partition coefficient (Wildman–Crippen LogP) is 8.52. The average Bonchev–Trinajstić information content (AvgIpc) is 3.40. The molecule has 0 saturated carbocycles. The van der Waals surface area contributed by atoms with Crippen LogP contribution in [0.5, 0.6) is 0 Å². The molecule has 0 N–H and O–H groups in total. The molecule has 5 aromatic rings. The van der Waals surface area contributed by atoms with Gasteiger partial charge in [-0.3, -0.25) is 19.8 Å². The number of carbonyl (C=O) groups excluding carboxylic acids is 1. The Bertz CT molecular complexity index is 1800. The number of hydrogen-bond donors (Lipinski definition) is 0. The Hall–Kier alpha value is -5.33. The Morgan fingerprint density at radius 1 is 0.818 bits per heavy atom. The molecule has 6 nitrogen and oxygen atoms in total. The average molecular weight is 581 g/mol. The topological polar surface area (TPSA) is 72.7 Å². The van der Waals surface area contributed by atoms with E-state index in [1.165, 1.54) is 6.07 Å². The summed E-state index contributed by atoms with van der Waals surface area (Å²) in [5.74, 6) is -0.456. The summed E-state index contributed by atoms with van der Waals surface area (Å²) in [6.07, 6.45) is 2.07. The maximum atomic E-state index is 14.1. The van der Waals surface area contributed by atoms with Crippen LogP contribution in [0.2, 0.25) is 0 Å². The van der Waals surface area contributed by atoms with Crippen molar-refractivity contribution in [1.82, 2.24) is 4.90 Å². The van der Waals surface area contributed by atoms with Crippen LogP contribution in [0.4, 0.5) is 5.69 Å². The number of rotatable bonds is 11. The fourth-order valence-electron chi connectivity index (χ4n) is 6.20. The molecule has 2 atom stereocenters. The second kappa shape index (κ2) is 12.9. The zero-order chi connectivity index (χ0) is 30.5. The third-order valence-electron chi connectivity index (χ3n) is 8.17. The lowest BCUT2D eigenvalue weighted by atomic mass is 9.91. The smallest absolute Gasteiger partial charge is 0.324 e. The number of nitrogens with zero attached hydrogens (tertiary/aromatic N) is 2. The van der Waals surface area contributed by atoms with Gasteiger partial charge in [-0.1, -0.05) is 121 Å². The SMILES string of the molecule is C=CCC(C(=O)OCc1ccccc1[N+](=O)[O-])N(Cc1ccccc1)C1c2ccccc2-c2cccc(-c3ccccc3)c21. The van der Waals surface area contributed by atoms with Gasteiger partial charge in [-0.15, -0.1) is 6.58 Å². The van der Waals surface area contributed by atoms with Crippen LogP contribution in [0, 0.1) is 10.1 Å². The molecule has 0 aromatic heterocycles. The highest BCUT2D eigenvalue weighted by Crippen LogP contribution is 2.51. The number of esters is 1. The lowest BCUT2D eigenvalue weighted by Gasteiger charge is -2.36. The number of nitro groups is 1. The third kappa shape index (κ3) is 5.68. The molecule has 0 heterocycles. The minimum Gasteiger partial charge on any atom is -0.459 e. The number of carbonyl (C=O) groups is 1. The first kappa shape index (κ1) is 28.8. The fraction of sp³-hybridized carbons (Fsp3) is 0.132. The van der Waals surface area contributed by atoms with Crippen LogP contribution in [0.3, 0.4) is 0 Å². The zero-order valence-electron chi connectivity index (χ0n) is 24.2. The van der Waals surface area contributed by atoms with Crippen LogP contribution in [0.1, 0.15) is 34.7 Å². The van der Waals surface area contributed by atoms with Crippen LogP contribution in [0.25, 0.3) is 22.3 Å². The standard InChI is InChI=1S/C38H32N2O4/c1-2-14-35(38(41)44-26-29-19-9-12-24-34(29)40(42)43)39(25-27-15-5-3-6-16-27)37-33-21-11-10-20-31(33)32-23-13-22-30(36(32)37)28-17-7-4-8-18-28/h2-13,15-24,35,37H,1,14,25-26H2. The van der Waals surface area contributed by atoms with Gasteiger partial charge in [-0.2, -0.15) is 0 Å². The number of para-hydroxylation sites is 1. The van der Waals surface area contributed by atoms with Crippen LogP contribution in [0.15, 0.2) is 140 Å². The van der Waals surface area contributed by atoms with Gasteiger partial charge in [0.1, 0.15) is 12.6 Å². The molecular weight excluding hydrogens is 548 g/mol. The second-order valence-electron chi connectivity index (χ2n) is 10.8. The zero-order valence-corrected chi connectivity index (χ0v) is 24.2. The van der Waals surface area contributed by atoms with Crippen LogP contribution < -0.4 is 0 Å². The fourth-order valence-corrected chi connectivity index (χ4v) is 6.20. The lowest BCUT2D eigenvalue weighted by Crippen LogP contribution is -2.43. The molecule has 5 aromatic carbocycles. The quantitative estimate of drug-likeness (QED) is 0.0678. The summed E-state index contributed by atoms with van der Waals surface area (Å²) in [5, 5.41) is 11.6. The molecule has 0 fully saturated rings. The Balaban J connectivity index is 1.47. The van der Waals surface area contributed by atoms with Crippen molar-refractivity contribution in [3.63, 3.8) is 0 Å². The summed E-state index contributed by atoms with van der Waals surface area (Å²) < 4.78 is 5.87. The Morgan fingerprint density at radius 3 is 2.20 bits per heavy atom. The van der Waals surface area contributed by atoms with Gasteiger partial charge >= 0.3 is 5.97 Å². The molecule has 0 spiro atoms. The predicted molar refractivity (Wildman–Crippen MR) is 173 cm³/mol. The maximum absolute atomic E-state index is 14.1. The summed E-state index contributed by atoms with van der Waals surface area (Å²) in [6, 6.07) is 40.5. The van der Waals surface area contributed by atoms with E-state index in [0.29, 0.717) is 18.5 Å². The summed E-state index contributed by atoms with van der Waals surface area (Å²) in [6.45, 7) is 4.26. The molecular formula is C38H32N2O4. The van der Waals surface area contributed by atoms with Crippen molar-refractivity contribution in [2.45, 2.75) is 31.7 Å². The molecule has 2 unspecified atom stereocenters. The molecule has 0 aliphatic heterocycles. The Kier molecular flexibility index (Phi) is 8.43. The number of fused-ring (bicyclic) bond motifs is 3. The van der Waals surface area contributed by atoms with Crippen molar-refractivity contribution in [3.05, 3.63) is 172 Å². The van der Waals surface area contributed by atoms with E-state index in [1.807, 2.05) is 48.5 Å². The first-order chi connectivity index (χ1) is 21.6. The molecule has 6 rings (SSSR count). The Labute approximate surface area is 257 Å². The number of benzene rings is 5. The van der Waals surface area contributed by atoms with Gasteiger partial charge in [0.15, 0.2) is 0 Å². The highest BCUT2D eigenvalue weighted by atomic mass is 16.6. The first-order valence-corrected chi connectivity index (χ1v) is 14.6. The Morgan fingerprint density at radius 2 is 1.45 bits per heavy atom. The van der Waals surface area contributed by atoms with Crippen molar-refractivity contribution < 1.29 is 14.5 Å². The molecule has 0 saturated heterocycles. The van der Waals surface area contributed by atoms with Crippen molar-refractivity contribution >= 4 is 11.7 Å². The first-order valence-electron chi connectivity index (χ1n) is 14.6. The minimum absolute atomic E-state index is 0.0761. The van der Waals surface area contributed by atoms with Crippen molar-refractivity contribution in [3.8, 4) is 22.3 Å². The summed E-state index contributed by atoms with van der Waals surface area (Å²) in [4.78, 5) is 27.4. The van der Waals surface area contributed by atoms with Gasteiger partial charge in [0.05, 0.1) is 16.5 Å². The van der Waals surface area contributed by atoms with E-state index >= 15 is 0 Å². The molecule has 0 bridgehead atoms. The van der Waals surface area contributed by atoms with E-state index in [1.54, 1.807) is 24.3 Å². The van der Waals surface area contributed by atoms with Crippen LogP contribution in [-0.2, 0) is 22.7 Å². The molecule has 44 heavy (non-hydrogen) atoms. The van der Waals surface area contributed by atoms with Gasteiger partial charge in [0.25, 0.3) is 5.69 Å². The molecule has 218 valence electrons. The van der Waals surface area contributed by atoms with E-state index in [9.17, 15) is 14.9 Å². The van der Waals surface area contributed by atoms with E-state index in [0.717, 1.165) is 38.9 Å². The van der Waals surface area contributed by atoms with Crippen molar-refractivity contribution in [2.75, 3.05) is 0 Å². The highest BCUT2D eigenvalue weighted by Gasteiger charge is 2.40. The van der Waals surface area contributed by atoms with Crippen LogP contribution >= 0.6 is 0 Å². The van der Waals surface area contributed by atoms with Gasteiger partial charge in [-0.05, 0) is 51.4 Å².